The van der Waals surface area contributed by atoms with E-state index in [1.807, 2.05) is 0 Å². The number of ether oxygens (including phenoxy) is 1. The summed E-state index contributed by atoms with van der Waals surface area (Å²) in [5.74, 6) is -1.17. The van der Waals surface area contributed by atoms with Crippen LogP contribution in [0.15, 0.2) is 18.2 Å². The summed E-state index contributed by atoms with van der Waals surface area (Å²) in [5.41, 5.74) is 0.409. The highest BCUT2D eigenvalue weighted by molar-refractivity contribution is 6.32. The molecular weight excluding hydrogens is 220 g/mol. The molecule has 0 radical (unpaired) electrons. The highest BCUT2D eigenvalue weighted by Crippen LogP contribution is 2.28. The molecule has 4 nitrogen and oxygen atoms in total. The molecule has 1 atom stereocenters. The second-order valence-corrected chi connectivity index (χ2v) is 3.29. The van der Waals surface area contributed by atoms with Gasteiger partial charge in [-0.1, -0.05) is 17.7 Å². The summed E-state index contributed by atoms with van der Waals surface area (Å²) in [7, 11) is 0. The highest BCUT2D eigenvalue weighted by atomic mass is 35.5. The van der Waals surface area contributed by atoms with E-state index in [1.165, 1.54) is 18.2 Å². The number of hydrogen-bond donors (Lipinski definition) is 2. The summed E-state index contributed by atoms with van der Waals surface area (Å²) < 4.78 is 5.04. The van der Waals surface area contributed by atoms with Crippen LogP contribution in [-0.2, 0) is 9.53 Å². The van der Waals surface area contributed by atoms with Gasteiger partial charge in [0.15, 0.2) is 6.10 Å². The smallest absolute Gasteiger partial charge is 0.337 e. The van der Waals surface area contributed by atoms with E-state index in [-0.39, 0.29) is 17.4 Å². The maximum Gasteiger partial charge on any atom is 0.337 e. The average Bonchev–Trinajstić information content (AvgIpc) is 2.18. The van der Waals surface area contributed by atoms with E-state index in [9.17, 15) is 9.90 Å². The first-order valence-corrected chi connectivity index (χ1v) is 4.77. The van der Waals surface area contributed by atoms with Gasteiger partial charge in [-0.15, -0.1) is 0 Å². The normalized spacial score (nSPS) is 12.4. The van der Waals surface area contributed by atoms with Crippen molar-refractivity contribution in [2.45, 2.75) is 13.0 Å². The zero-order valence-electron chi connectivity index (χ0n) is 8.11. The van der Waals surface area contributed by atoms with Crippen molar-refractivity contribution in [3.63, 3.8) is 0 Å². The van der Waals surface area contributed by atoms with E-state index >= 15 is 0 Å². The van der Waals surface area contributed by atoms with Crippen LogP contribution in [0.2, 0.25) is 5.02 Å². The number of carboxylic acid groups (broad SMARTS) is 1. The number of rotatable bonds is 4. The Labute approximate surface area is 92.1 Å². The molecule has 1 aromatic carbocycles. The number of halogens is 1. The van der Waals surface area contributed by atoms with Crippen LogP contribution in [0.5, 0.6) is 5.75 Å². The predicted octanol–water partition coefficient (Wildman–Crippen LogP) is 2.21. The lowest BCUT2D eigenvalue weighted by atomic mass is 10.1. The molecule has 0 saturated carbocycles. The molecule has 0 heterocycles. The fraction of sp³-hybridized carbons (Fsp3) is 0.300. The van der Waals surface area contributed by atoms with Crippen LogP contribution in [0.25, 0.3) is 0 Å². The summed E-state index contributed by atoms with van der Waals surface area (Å²) >= 11 is 5.66. The lowest BCUT2D eigenvalue weighted by Gasteiger charge is -2.13. The fourth-order valence-electron chi connectivity index (χ4n) is 1.16. The Morgan fingerprint density at radius 3 is 2.73 bits per heavy atom. The first-order chi connectivity index (χ1) is 7.06. The molecule has 0 amide bonds. The maximum absolute atomic E-state index is 10.9. The molecule has 0 aliphatic heterocycles. The summed E-state index contributed by atoms with van der Waals surface area (Å²) in [6.45, 7) is 1.99. The van der Waals surface area contributed by atoms with Crippen molar-refractivity contribution in [2.24, 2.45) is 0 Å². The number of aliphatic carboxylic acids is 1. The zero-order valence-corrected chi connectivity index (χ0v) is 8.86. The molecular formula is C10H11ClO4. The molecule has 0 spiro atoms. The van der Waals surface area contributed by atoms with Crippen molar-refractivity contribution in [3.05, 3.63) is 28.8 Å². The number of carboxylic acids is 1. The van der Waals surface area contributed by atoms with Gasteiger partial charge in [0, 0.05) is 6.61 Å². The van der Waals surface area contributed by atoms with Crippen LogP contribution in [0.3, 0.4) is 0 Å². The topological polar surface area (TPSA) is 66.8 Å². The van der Waals surface area contributed by atoms with Crippen LogP contribution in [0.4, 0.5) is 0 Å². The van der Waals surface area contributed by atoms with Gasteiger partial charge < -0.3 is 14.9 Å². The maximum atomic E-state index is 10.9. The standard InChI is InChI=1S/C10H11ClO4/c1-2-15-9(10(13)14)6-3-4-8(12)7(11)5-6/h3-5,9,12H,2H2,1H3,(H,13,14). The predicted molar refractivity (Wildman–Crippen MR) is 55.1 cm³/mol. The zero-order chi connectivity index (χ0) is 11.4. The average molecular weight is 231 g/mol. The van der Waals surface area contributed by atoms with Crippen molar-refractivity contribution in [1.29, 1.82) is 0 Å². The monoisotopic (exact) mass is 230 g/mol. The van der Waals surface area contributed by atoms with Gasteiger partial charge in [-0.05, 0) is 24.6 Å². The molecule has 15 heavy (non-hydrogen) atoms. The van der Waals surface area contributed by atoms with E-state index in [2.05, 4.69) is 0 Å². The second kappa shape index (κ2) is 5.00. The molecule has 0 aliphatic rings. The van der Waals surface area contributed by atoms with Gasteiger partial charge in [-0.2, -0.15) is 0 Å². The third kappa shape index (κ3) is 2.84. The van der Waals surface area contributed by atoms with Crippen molar-refractivity contribution >= 4 is 17.6 Å². The van der Waals surface area contributed by atoms with E-state index in [4.69, 9.17) is 21.4 Å². The van der Waals surface area contributed by atoms with Gasteiger partial charge in [0.25, 0.3) is 0 Å². The molecule has 82 valence electrons. The molecule has 1 unspecified atom stereocenters. The lowest BCUT2D eigenvalue weighted by molar-refractivity contribution is -0.150. The minimum atomic E-state index is -1.08. The van der Waals surface area contributed by atoms with Crippen LogP contribution in [0, 0.1) is 0 Å². The van der Waals surface area contributed by atoms with Gasteiger partial charge in [0.05, 0.1) is 5.02 Å². The Morgan fingerprint density at radius 1 is 1.60 bits per heavy atom. The third-order valence-electron chi connectivity index (χ3n) is 1.83. The largest absolute Gasteiger partial charge is 0.506 e. The summed E-state index contributed by atoms with van der Waals surface area (Å²) in [5, 5.41) is 18.2. The Morgan fingerprint density at radius 2 is 2.27 bits per heavy atom. The number of aromatic hydroxyl groups is 1. The first kappa shape index (κ1) is 11.8. The Balaban J connectivity index is 3.01. The number of benzene rings is 1. The first-order valence-electron chi connectivity index (χ1n) is 4.39. The SMILES string of the molecule is CCOC(C(=O)O)c1ccc(O)c(Cl)c1. The molecule has 5 heteroatoms. The van der Waals surface area contributed by atoms with E-state index in [1.54, 1.807) is 6.92 Å². The highest BCUT2D eigenvalue weighted by Gasteiger charge is 2.20. The molecule has 1 rings (SSSR count). The molecule has 0 saturated heterocycles. The summed E-state index contributed by atoms with van der Waals surface area (Å²) in [4.78, 5) is 10.9. The Bertz CT molecular complexity index is 364. The lowest BCUT2D eigenvalue weighted by Crippen LogP contribution is -2.15. The van der Waals surface area contributed by atoms with Crippen LogP contribution in [0.1, 0.15) is 18.6 Å². The summed E-state index contributed by atoms with van der Waals surface area (Å²) in [6.07, 6.45) is -1.05. The molecule has 0 aromatic heterocycles. The van der Waals surface area contributed by atoms with E-state index in [0.717, 1.165) is 0 Å². The van der Waals surface area contributed by atoms with Crippen molar-refractivity contribution < 1.29 is 19.7 Å². The fourth-order valence-corrected chi connectivity index (χ4v) is 1.35. The van der Waals surface area contributed by atoms with Gasteiger partial charge in [-0.3, -0.25) is 0 Å². The van der Waals surface area contributed by atoms with Crippen molar-refractivity contribution in [3.8, 4) is 5.75 Å². The molecule has 0 aliphatic carbocycles. The second-order valence-electron chi connectivity index (χ2n) is 2.88. The van der Waals surface area contributed by atoms with Crippen molar-refractivity contribution in [2.75, 3.05) is 6.61 Å². The molecule has 0 bridgehead atoms. The Hall–Kier alpha value is -1.26. The molecule has 0 fully saturated rings. The van der Waals surface area contributed by atoms with Crippen molar-refractivity contribution in [1.82, 2.24) is 0 Å². The van der Waals surface area contributed by atoms with Gasteiger partial charge in [-0.25, -0.2) is 4.79 Å². The molecule has 2 N–H and O–H groups in total. The number of phenols is 1. The van der Waals surface area contributed by atoms with Gasteiger partial charge in [0.2, 0.25) is 0 Å². The number of phenolic OH excluding ortho intramolecular Hbond substituents is 1. The van der Waals surface area contributed by atoms with E-state index < -0.39 is 12.1 Å². The van der Waals surface area contributed by atoms with Crippen LogP contribution >= 0.6 is 11.6 Å². The van der Waals surface area contributed by atoms with E-state index in [0.29, 0.717) is 5.56 Å². The quantitative estimate of drug-likeness (QED) is 0.832. The van der Waals surface area contributed by atoms with Gasteiger partial charge >= 0.3 is 5.97 Å². The minimum absolute atomic E-state index is 0.0824. The third-order valence-corrected chi connectivity index (χ3v) is 2.13. The van der Waals surface area contributed by atoms with Gasteiger partial charge in [0.1, 0.15) is 5.75 Å². The number of hydrogen-bond acceptors (Lipinski definition) is 3. The Kier molecular flexibility index (Phi) is 3.94. The van der Waals surface area contributed by atoms with Crippen LogP contribution < -0.4 is 0 Å². The molecule has 1 aromatic rings. The number of carbonyl (C=O) groups is 1. The minimum Gasteiger partial charge on any atom is -0.506 e. The summed E-state index contributed by atoms with van der Waals surface area (Å²) in [6, 6.07) is 4.19. The van der Waals surface area contributed by atoms with Crippen LogP contribution in [-0.4, -0.2) is 22.8 Å².